The zero-order valence-electron chi connectivity index (χ0n) is 6.32. The fourth-order valence-corrected chi connectivity index (χ4v) is 0.892. The number of hydrogen-bond acceptors (Lipinski definition) is 2. The van der Waals surface area contributed by atoms with Crippen LogP contribution in [0.15, 0.2) is 24.3 Å². The van der Waals surface area contributed by atoms with Gasteiger partial charge >= 0.3 is 0 Å². The Hall–Kier alpha value is -1.15. The lowest BCUT2D eigenvalue weighted by Crippen LogP contribution is -1.91. The van der Waals surface area contributed by atoms with Crippen LogP contribution >= 0.6 is 0 Å². The van der Waals surface area contributed by atoms with Gasteiger partial charge in [-0.25, -0.2) is 0 Å². The summed E-state index contributed by atoms with van der Waals surface area (Å²) in [4.78, 5) is 10.3. The van der Waals surface area contributed by atoms with Gasteiger partial charge in [-0.05, 0) is 18.6 Å². The second-order valence-corrected chi connectivity index (χ2v) is 2.46. The molecule has 1 rings (SSSR count). The molecule has 2 nitrogen and oxygen atoms in total. The van der Waals surface area contributed by atoms with E-state index in [9.17, 15) is 4.79 Å². The average Bonchev–Trinajstić information content (AvgIpc) is 2.05. The summed E-state index contributed by atoms with van der Waals surface area (Å²) in [7, 11) is 0. The van der Waals surface area contributed by atoms with Crippen molar-refractivity contribution in [3.8, 4) is 0 Å². The third-order valence-corrected chi connectivity index (χ3v) is 1.53. The topological polar surface area (TPSA) is 37.3 Å². The van der Waals surface area contributed by atoms with E-state index in [4.69, 9.17) is 5.11 Å². The average molecular weight is 150 g/mol. The molecule has 0 amide bonds. The molecule has 0 aliphatic rings. The van der Waals surface area contributed by atoms with Crippen molar-refractivity contribution in [3.05, 3.63) is 35.4 Å². The summed E-state index contributed by atoms with van der Waals surface area (Å²) in [6.45, 7) is 1.67. The third-order valence-electron chi connectivity index (χ3n) is 1.53. The van der Waals surface area contributed by atoms with Crippen LogP contribution in [-0.4, -0.2) is 11.4 Å². The van der Waals surface area contributed by atoms with Crippen LogP contribution in [0.2, 0.25) is 0 Å². The largest absolute Gasteiger partial charge is 0.389 e. The molecular weight excluding hydrogens is 140 g/mol. The van der Waals surface area contributed by atoms with Gasteiger partial charge in [-0.1, -0.05) is 18.2 Å². The summed E-state index contributed by atoms with van der Waals surface area (Å²) in [5.74, 6) is 0. The van der Waals surface area contributed by atoms with Gasteiger partial charge in [-0.2, -0.15) is 0 Å². The zero-order valence-corrected chi connectivity index (χ0v) is 6.32. The molecule has 0 aliphatic carbocycles. The van der Waals surface area contributed by atoms with Crippen LogP contribution in [0.25, 0.3) is 0 Å². The highest BCUT2D eigenvalue weighted by Crippen LogP contribution is 2.11. The molecular formula is C9H10O2. The molecule has 0 saturated carbocycles. The Balaban J connectivity index is 3.00. The van der Waals surface area contributed by atoms with Crippen LogP contribution in [0.5, 0.6) is 0 Å². The number of aliphatic hydroxyl groups excluding tert-OH is 1. The number of carbonyl (C=O) groups is 1. The standard InChI is InChI=1S/C9H10O2/c1-7(11)9-4-2-3-8(5-9)6-10/h2-7,11H,1H3. The molecule has 0 heterocycles. The molecule has 0 spiro atoms. The van der Waals surface area contributed by atoms with E-state index in [1.54, 1.807) is 31.2 Å². The van der Waals surface area contributed by atoms with Crippen molar-refractivity contribution in [3.63, 3.8) is 0 Å². The highest BCUT2D eigenvalue weighted by molar-refractivity contribution is 5.74. The lowest BCUT2D eigenvalue weighted by molar-refractivity contribution is 0.112. The van der Waals surface area contributed by atoms with E-state index in [1.807, 2.05) is 0 Å². The summed E-state index contributed by atoms with van der Waals surface area (Å²) in [5, 5.41) is 9.13. The van der Waals surface area contributed by atoms with Crippen LogP contribution in [0.3, 0.4) is 0 Å². The molecule has 58 valence electrons. The summed E-state index contributed by atoms with van der Waals surface area (Å²) in [6, 6.07) is 6.93. The second kappa shape index (κ2) is 3.30. The zero-order chi connectivity index (χ0) is 8.27. The van der Waals surface area contributed by atoms with Gasteiger partial charge in [0.1, 0.15) is 6.29 Å². The third kappa shape index (κ3) is 1.88. The van der Waals surface area contributed by atoms with Crippen molar-refractivity contribution in [2.75, 3.05) is 0 Å². The van der Waals surface area contributed by atoms with Crippen molar-refractivity contribution in [1.29, 1.82) is 0 Å². The molecule has 1 unspecified atom stereocenters. The first-order valence-electron chi connectivity index (χ1n) is 3.47. The minimum atomic E-state index is -0.505. The molecule has 0 bridgehead atoms. The number of aldehydes is 1. The van der Waals surface area contributed by atoms with Gasteiger partial charge in [-0.15, -0.1) is 0 Å². The van der Waals surface area contributed by atoms with Gasteiger partial charge in [0, 0.05) is 5.56 Å². The van der Waals surface area contributed by atoms with Crippen molar-refractivity contribution in [1.82, 2.24) is 0 Å². The number of aliphatic hydroxyl groups is 1. The van der Waals surface area contributed by atoms with Gasteiger partial charge in [-0.3, -0.25) is 4.79 Å². The van der Waals surface area contributed by atoms with Gasteiger partial charge in [0.2, 0.25) is 0 Å². The highest BCUT2D eigenvalue weighted by Gasteiger charge is 1.99. The van der Waals surface area contributed by atoms with Crippen molar-refractivity contribution < 1.29 is 9.90 Å². The van der Waals surface area contributed by atoms with Crippen LogP contribution in [0.4, 0.5) is 0 Å². The summed E-state index contributed by atoms with van der Waals surface area (Å²) in [6.07, 6.45) is 0.265. The number of rotatable bonds is 2. The number of benzene rings is 1. The molecule has 0 radical (unpaired) electrons. The lowest BCUT2D eigenvalue weighted by Gasteiger charge is -2.03. The summed E-state index contributed by atoms with van der Waals surface area (Å²) < 4.78 is 0. The maximum Gasteiger partial charge on any atom is 0.150 e. The van der Waals surface area contributed by atoms with Crippen LogP contribution < -0.4 is 0 Å². The van der Waals surface area contributed by atoms with Crippen molar-refractivity contribution in [2.45, 2.75) is 13.0 Å². The van der Waals surface area contributed by atoms with Crippen molar-refractivity contribution >= 4 is 6.29 Å². The predicted octanol–water partition coefficient (Wildman–Crippen LogP) is 1.55. The summed E-state index contributed by atoms with van der Waals surface area (Å²) in [5.41, 5.74) is 1.37. The van der Waals surface area contributed by atoms with Gasteiger partial charge in [0.25, 0.3) is 0 Å². The Kier molecular flexibility index (Phi) is 2.39. The maximum atomic E-state index is 10.3. The predicted molar refractivity (Wildman–Crippen MR) is 42.5 cm³/mol. The fourth-order valence-electron chi connectivity index (χ4n) is 0.892. The lowest BCUT2D eigenvalue weighted by atomic mass is 10.1. The van der Waals surface area contributed by atoms with Gasteiger partial charge in [0.05, 0.1) is 6.10 Å². The number of hydrogen-bond donors (Lipinski definition) is 1. The summed E-state index contributed by atoms with van der Waals surface area (Å²) >= 11 is 0. The molecule has 1 aromatic carbocycles. The molecule has 1 N–H and O–H groups in total. The first-order chi connectivity index (χ1) is 5.24. The smallest absolute Gasteiger partial charge is 0.150 e. The van der Waals surface area contributed by atoms with Crippen LogP contribution in [-0.2, 0) is 0 Å². The quantitative estimate of drug-likeness (QED) is 0.649. The molecule has 0 fully saturated rings. The fraction of sp³-hybridized carbons (Fsp3) is 0.222. The minimum Gasteiger partial charge on any atom is -0.389 e. The van der Waals surface area contributed by atoms with E-state index in [2.05, 4.69) is 0 Å². The molecule has 1 atom stereocenters. The van der Waals surface area contributed by atoms with E-state index >= 15 is 0 Å². The molecule has 2 heteroatoms. The Morgan fingerprint density at radius 1 is 1.55 bits per heavy atom. The Bertz CT molecular complexity index is 253. The number of carbonyl (C=O) groups excluding carboxylic acids is 1. The van der Waals surface area contributed by atoms with E-state index in [-0.39, 0.29) is 0 Å². The molecule has 11 heavy (non-hydrogen) atoms. The highest BCUT2D eigenvalue weighted by atomic mass is 16.3. The van der Waals surface area contributed by atoms with Crippen molar-refractivity contribution in [2.24, 2.45) is 0 Å². The van der Waals surface area contributed by atoms with Crippen LogP contribution in [0.1, 0.15) is 28.9 Å². The molecule has 0 saturated heterocycles. The van der Waals surface area contributed by atoms with Gasteiger partial charge < -0.3 is 5.11 Å². The Labute approximate surface area is 65.5 Å². The van der Waals surface area contributed by atoms with Gasteiger partial charge in [0.15, 0.2) is 0 Å². The molecule has 1 aromatic rings. The molecule has 0 aliphatic heterocycles. The van der Waals surface area contributed by atoms with E-state index < -0.39 is 6.10 Å². The first kappa shape index (κ1) is 7.95. The monoisotopic (exact) mass is 150 g/mol. The first-order valence-corrected chi connectivity index (χ1v) is 3.47. The molecule has 0 aromatic heterocycles. The van der Waals surface area contributed by atoms with E-state index in [1.165, 1.54) is 0 Å². The second-order valence-electron chi connectivity index (χ2n) is 2.46. The normalized spacial score (nSPS) is 12.5. The SMILES string of the molecule is CC(O)c1cccc(C=O)c1. The van der Waals surface area contributed by atoms with E-state index in [0.717, 1.165) is 11.8 Å². The van der Waals surface area contributed by atoms with Crippen LogP contribution in [0, 0.1) is 0 Å². The Morgan fingerprint density at radius 3 is 2.82 bits per heavy atom. The maximum absolute atomic E-state index is 10.3. The minimum absolute atomic E-state index is 0.505. The van der Waals surface area contributed by atoms with E-state index in [0.29, 0.717) is 5.56 Å². The Morgan fingerprint density at radius 2 is 2.27 bits per heavy atom.